The smallest absolute Gasteiger partial charge is 0.243 e. The number of nitrogens with one attached hydrogen (secondary N) is 3. The Labute approximate surface area is 195 Å². The molecule has 0 aromatic carbocycles. The molecule has 5 N–H and O–H groups in total. The normalized spacial score (nSPS) is 17.5. The molecule has 0 bridgehead atoms. The standard InChI is InChI=1S/C25H48N4O3/c1-5-11-20(27-16-10-15-19-13-8-7-9-14-19)24(31)28-21(12-6-2)25(32)29-22(23(26)30)17-18(3)4/h18-22,27H,5-17H2,1-4H3,(H2,26,30)(H,28,31)(H,29,32)/t20-,21-,22-/m0/s1. The van der Waals surface area contributed by atoms with Crippen LogP contribution >= 0.6 is 0 Å². The molecule has 0 aliphatic heterocycles. The zero-order valence-corrected chi connectivity index (χ0v) is 20.9. The molecule has 1 saturated carbocycles. The minimum Gasteiger partial charge on any atom is -0.368 e. The molecule has 0 aromatic rings. The quantitative estimate of drug-likeness (QED) is 0.269. The summed E-state index contributed by atoms with van der Waals surface area (Å²) in [5.41, 5.74) is 5.47. The first-order chi connectivity index (χ1) is 15.3. The monoisotopic (exact) mass is 452 g/mol. The molecule has 1 rings (SSSR count). The molecule has 0 unspecified atom stereocenters. The van der Waals surface area contributed by atoms with E-state index < -0.39 is 18.0 Å². The lowest BCUT2D eigenvalue weighted by molar-refractivity contribution is -0.132. The van der Waals surface area contributed by atoms with Crippen LogP contribution in [0.15, 0.2) is 0 Å². The number of nitrogens with two attached hydrogens (primary N) is 1. The summed E-state index contributed by atoms with van der Waals surface area (Å²) in [6, 6.07) is -1.69. The van der Waals surface area contributed by atoms with Crippen LogP contribution in [0.1, 0.15) is 105 Å². The Balaban J connectivity index is 2.60. The van der Waals surface area contributed by atoms with Gasteiger partial charge < -0.3 is 21.7 Å². The molecule has 7 nitrogen and oxygen atoms in total. The molecular formula is C25H48N4O3. The average molecular weight is 453 g/mol. The second-order valence-corrected chi connectivity index (χ2v) is 9.88. The lowest BCUT2D eigenvalue weighted by Crippen LogP contribution is -2.56. The van der Waals surface area contributed by atoms with E-state index in [1.54, 1.807) is 0 Å². The van der Waals surface area contributed by atoms with Crippen LogP contribution in [0.5, 0.6) is 0 Å². The van der Waals surface area contributed by atoms with Gasteiger partial charge in [-0.2, -0.15) is 0 Å². The summed E-state index contributed by atoms with van der Waals surface area (Å²) in [6.07, 6.45) is 12.4. The van der Waals surface area contributed by atoms with E-state index in [2.05, 4.69) is 22.9 Å². The maximum atomic E-state index is 13.0. The fraction of sp³-hybridized carbons (Fsp3) is 0.880. The highest BCUT2D eigenvalue weighted by atomic mass is 16.2. The SMILES string of the molecule is CCC[C@H](NCCCC1CCCCC1)C(=O)N[C@@H](CCC)C(=O)N[C@@H](CC(C)C)C(N)=O. The van der Waals surface area contributed by atoms with Gasteiger partial charge in [0.15, 0.2) is 0 Å². The van der Waals surface area contributed by atoms with Gasteiger partial charge in [0.25, 0.3) is 0 Å². The molecular weight excluding hydrogens is 404 g/mol. The second-order valence-electron chi connectivity index (χ2n) is 9.88. The number of hydrogen-bond donors (Lipinski definition) is 4. The summed E-state index contributed by atoms with van der Waals surface area (Å²) in [5, 5.41) is 9.09. The number of amides is 3. The van der Waals surface area contributed by atoms with E-state index in [1.807, 2.05) is 20.8 Å². The van der Waals surface area contributed by atoms with Crippen LogP contribution in [0.25, 0.3) is 0 Å². The van der Waals surface area contributed by atoms with Gasteiger partial charge in [0.1, 0.15) is 12.1 Å². The van der Waals surface area contributed by atoms with E-state index in [9.17, 15) is 14.4 Å². The van der Waals surface area contributed by atoms with Gasteiger partial charge in [0.05, 0.1) is 6.04 Å². The average Bonchev–Trinajstić information content (AvgIpc) is 2.75. The summed E-state index contributed by atoms with van der Waals surface area (Å²) in [6.45, 7) is 8.80. The second kappa shape index (κ2) is 16.1. The summed E-state index contributed by atoms with van der Waals surface area (Å²) in [7, 11) is 0. The molecule has 3 atom stereocenters. The van der Waals surface area contributed by atoms with E-state index in [4.69, 9.17) is 5.73 Å². The van der Waals surface area contributed by atoms with Crippen molar-refractivity contribution in [2.45, 2.75) is 123 Å². The van der Waals surface area contributed by atoms with Crippen LogP contribution in [0.3, 0.4) is 0 Å². The van der Waals surface area contributed by atoms with Crippen molar-refractivity contribution in [3.8, 4) is 0 Å². The Hall–Kier alpha value is -1.63. The van der Waals surface area contributed by atoms with Crippen molar-refractivity contribution >= 4 is 17.7 Å². The van der Waals surface area contributed by atoms with Gasteiger partial charge in [0.2, 0.25) is 17.7 Å². The number of primary amides is 1. The maximum Gasteiger partial charge on any atom is 0.243 e. The fourth-order valence-electron chi connectivity index (χ4n) is 4.58. The lowest BCUT2D eigenvalue weighted by Gasteiger charge is -2.25. The summed E-state index contributed by atoms with van der Waals surface area (Å²) in [4.78, 5) is 37.5. The summed E-state index contributed by atoms with van der Waals surface area (Å²) < 4.78 is 0. The van der Waals surface area contributed by atoms with E-state index in [0.717, 1.165) is 38.1 Å². The largest absolute Gasteiger partial charge is 0.368 e. The van der Waals surface area contributed by atoms with Gasteiger partial charge in [-0.05, 0) is 50.5 Å². The molecule has 32 heavy (non-hydrogen) atoms. The molecule has 186 valence electrons. The van der Waals surface area contributed by atoms with E-state index in [-0.39, 0.29) is 23.8 Å². The number of carbonyl (C=O) groups is 3. The highest BCUT2D eigenvalue weighted by Gasteiger charge is 2.27. The maximum absolute atomic E-state index is 13.0. The van der Waals surface area contributed by atoms with Crippen LogP contribution < -0.4 is 21.7 Å². The van der Waals surface area contributed by atoms with E-state index in [0.29, 0.717) is 12.8 Å². The van der Waals surface area contributed by atoms with Gasteiger partial charge in [-0.3, -0.25) is 14.4 Å². The highest BCUT2D eigenvalue weighted by Crippen LogP contribution is 2.27. The van der Waals surface area contributed by atoms with Gasteiger partial charge in [-0.25, -0.2) is 0 Å². The highest BCUT2D eigenvalue weighted by molar-refractivity contribution is 5.92. The zero-order valence-electron chi connectivity index (χ0n) is 20.9. The van der Waals surface area contributed by atoms with Crippen molar-refractivity contribution in [1.29, 1.82) is 0 Å². The molecule has 0 saturated heterocycles. The third-order valence-corrected chi connectivity index (χ3v) is 6.38. The molecule has 0 radical (unpaired) electrons. The Morgan fingerprint density at radius 1 is 0.875 bits per heavy atom. The van der Waals surface area contributed by atoms with E-state index >= 15 is 0 Å². The third-order valence-electron chi connectivity index (χ3n) is 6.38. The molecule has 1 fully saturated rings. The number of hydrogen-bond acceptors (Lipinski definition) is 4. The Morgan fingerprint density at radius 3 is 2.00 bits per heavy atom. The van der Waals surface area contributed by atoms with Crippen LogP contribution in [0.2, 0.25) is 0 Å². The molecule has 0 aromatic heterocycles. The van der Waals surface area contributed by atoms with Crippen molar-refractivity contribution in [3.05, 3.63) is 0 Å². The van der Waals surface area contributed by atoms with Crippen molar-refractivity contribution in [2.24, 2.45) is 17.6 Å². The molecule has 0 heterocycles. The minimum atomic E-state index is -0.719. The lowest BCUT2D eigenvalue weighted by atomic mass is 9.86. The van der Waals surface area contributed by atoms with Gasteiger partial charge in [0, 0.05) is 0 Å². The Bertz CT molecular complexity index is 561. The number of carbonyl (C=O) groups excluding carboxylic acids is 3. The zero-order chi connectivity index (χ0) is 23.9. The molecule has 0 spiro atoms. The molecule has 1 aliphatic rings. The topological polar surface area (TPSA) is 113 Å². The first-order valence-corrected chi connectivity index (χ1v) is 12.9. The predicted octanol–water partition coefficient (Wildman–Crippen LogP) is 3.41. The van der Waals surface area contributed by atoms with Crippen molar-refractivity contribution in [2.75, 3.05) is 6.54 Å². The first-order valence-electron chi connectivity index (χ1n) is 12.9. The Morgan fingerprint density at radius 2 is 1.44 bits per heavy atom. The molecule has 1 aliphatic carbocycles. The molecule has 7 heteroatoms. The third kappa shape index (κ3) is 11.3. The van der Waals surface area contributed by atoms with Crippen LogP contribution in [0, 0.1) is 11.8 Å². The molecule has 3 amide bonds. The van der Waals surface area contributed by atoms with Gasteiger partial charge in [-0.15, -0.1) is 0 Å². The van der Waals surface area contributed by atoms with Gasteiger partial charge >= 0.3 is 0 Å². The van der Waals surface area contributed by atoms with Crippen molar-refractivity contribution in [3.63, 3.8) is 0 Å². The summed E-state index contributed by atoms with van der Waals surface area (Å²) in [5.74, 6) is 0.0383. The Kier molecular flexibility index (Phi) is 14.3. The van der Waals surface area contributed by atoms with Crippen LogP contribution in [0.4, 0.5) is 0 Å². The van der Waals surface area contributed by atoms with E-state index in [1.165, 1.54) is 38.5 Å². The summed E-state index contributed by atoms with van der Waals surface area (Å²) >= 11 is 0. The fourth-order valence-corrected chi connectivity index (χ4v) is 4.58. The van der Waals surface area contributed by atoms with Gasteiger partial charge in [-0.1, -0.05) is 72.6 Å². The first kappa shape index (κ1) is 28.4. The van der Waals surface area contributed by atoms with Crippen LogP contribution in [-0.4, -0.2) is 42.4 Å². The predicted molar refractivity (Wildman–Crippen MR) is 130 cm³/mol. The minimum absolute atomic E-state index is 0.141. The van der Waals surface area contributed by atoms with Crippen molar-refractivity contribution < 1.29 is 14.4 Å². The van der Waals surface area contributed by atoms with Crippen molar-refractivity contribution in [1.82, 2.24) is 16.0 Å². The number of rotatable bonds is 16. The van der Waals surface area contributed by atoms with Crippen LogP contribution in [-0.2, 0) is 14.4 Å².